The molecule has 0 amide bonds. The van der Waals surface area contributed by atoms with Crippen LogP contribution in [0.3, 0.4) is 0 Å². The molecule has 1 radical (unpaired) electrons. The Morgan fingerprint density at radius 3 is 2.14 bits per heavy atom. The highest BCUT2D eigenvalue weighted by atomic mass is 35.6. The van der Waals surface area contributed by atoms with Crippen LogP contribution in [0.4, 0.5) is 5.69 Å². The Kier molecular flexibility index (Phi) is 4.36. The van der Waals surface area contributed by atoms with Gasteiger partial charge in [0.05, 0.1) is 5.69 Å². The molecule has 1 aromatic rings. The summed E-state index contributed by atoms with van der Waals surface area (Å²) in [5.41, 5.74) is 9.00. The van der Waals surface area contributed by atoms with E-state index in [9.17, 15) is 0 Å². The van der Waals surface area contributed by atoms with E-state index in [2.05, 4.69) is 0 Å². The van der Waals surface area contributed by atoms with E-state index in [1.54, 1.807) is 12.1 Å². The van der Waals surface area contributed by atoms with Gasteiger partial charge in [-0.3, -0.25) is 0 Å². The smallest absolute Gasteiger partial charge is 0.190 e. The zero-order valence-corrected chi connectivity index (χ0v) is 9.83. The second kappa shape index (κ2) is 5.11. The topological polar surface area (TPSA) is 23.8 Å². The fourth-order valence-electron chi connectivity index (χ4n) is 1.16. The summed E-state index contributed by atoms with van der Waals surface area (Å²) in [5.74, 6) is 0. The number of hydrogen-bond acceptors (Lipinski definition) is 0. The molecular weight excluding hydrogens is 240 g/mol. The maximum absolute atomic E-state index is 7.30. The van der Waals surface area contributed by atoms with Crippen LogP contribution in [0, 0.1) is 0 Å². The van der Waals surface area contributed by atoms with Crippen LogP contribution in [0.5, 0.6) is 0 Å². The SMILES string of the molecule is [NH]c1ccc(CCCC(Cl)(Cl)Cl)cc1. The lowest BCUT2D eigenvalue weighted by Gasteiger charge is -2.09. The molecule has 4 heteroatoms. The van der Waals surface area contributed by atoms with E-state index in [0.717, 1.165) is 12.8 Å². The van der Waals surface area contributed by atoms with Gasteiger partial charge in [-0.15, -0.1) is 0 Å². The summed E-state index contributed by atoms with van der Waals surface area (Å²) in [6, 6.07) is 7.40. The Hall–Kier alpha value is -0.110. The highest BCUT2D eigenvalue weighted by molar-refractivity contribution is 6.67. The van der Waals surface area contributed by atoms with Gasteiger partial charge >= 0.3 is 0 Å². The summed E-state index contributed by atoms with van der Waals surface area (Å²) < 4.78 is -1.14. The molecule has 1 N–H and O–H groups in total. The van der Waals surface area contributed by atoms with Gasteiger partial charge < -0.3 is 5.73 Å². The Balaban J connectivity index is 2.35. The van der Waals surface area contributed by atoms with Gasteiger partial charge in [0.15, 0.2) is 3.79 Å². The van der Waals surface area contributed by atoms with Crippen LogP contribution >= 0.6 is 34.8 Å². The van der Waals surface area contributed by atoms with E-state index in [-0.39, 0.29) is 0 Å². The van der Waals surface area contributed by atoms with Crippen molar-refractivity contribution in [2.75, 3.05) is 0 Å². The first-order valence-corrected chi connectivity index (χ1v) is 5.48. The molecule has 1 nitrogen and oxygen atoms in total. The molecule has 0 unspecified atom stereocenters. The summed E-state index contributed by atoms with van der Waals surface area (Å²) >= 11 is 16.9. The molecule has 1 rings (SSSR count). The molecule has 1 aromatic carbocycles. The predicted octanol–water partition coefficient (Wildman–Crippen LogP) is 4.29. The number of hydrogen-bond donors (Lipinski definition) is 0. The molecule has 0 aliphatic carbocycles. The summed E-state index contributed by atoms with van der Waals surface area (Å²) in [4.78, 5) is 0. The average Bonchev–Trinajstić information content (AvgIpc) is 2.06. The van der Waals surface area contributed by atoms with Gasteiger partial charge in [0.25, 0.3) is 0 Å². The first-order chi connectivity index (χ1) is 6.47. The molecule has 0 bridgehead atoms. The molecule has 0 fully saturated rings. The van der Waals surface area contributed by atoms with Crippen molar-refractivity contribution in [3.05, 3.63) is 29.8 Å². The molecule has 14 heavy (non-hydrogen) atoms. The second-order valence-electron chi connectivity index (χ2n) is 3.17. The van der Waals surface area contributed by atoms with E-state index in [1.165, 1.54) is 5.56 Å². The van der Waals surface area contributed by atoms with Crippen molar-refractivity contribution in [3.8, 4) is 0 Å². The highest BCUT2D eigenvalue weighted by Crippen LogP contribution is 2.31. The quantitative estimate of drug-likeness (QED) is 0.716. The van der Waals surface area contributed by atoms with E-state index in [0.29, 0.717) is 12.1 Å². The van der Waals surface area contributed by atoms with Crippen LogP contribution in [-0.2, 0) is 6.42 Å². The maximum Gasteiger partial charge on any atom is 0.190 e. The maximum atomic E-state index is 7.30. The normalized spacial score (nSPS) is 11.6. The zero-order chi connectivity index (χ0) is 10.6. The van der Waals surface area contributed by atoms with Crippen LogP contribution in [0.2, 0.25) is 0 Å². The minimum Gasteiger partial charge on any atom is -0.301 e. The zero-order valence-electron chi connectivity index (χ0n) is 7.56. The molecule has 0 heterocycles. The number of halogens is 3. The predicted molar refractivity (Wildman–Crippen MR) is 62.4 cm³/mol. The lowest BCUT2D eigenvalue weighted by molar-refractivity contribution is 0.752. The fourth-order valence-corrected chi connectivity index (χ4v) is 1.57. The third-order valence-corrected chi connectivity index (χ3v) is 2.45. The van der Waals surface area contributed by atoms with E-state index < -0.39 is 3.79 Å². The Morgan fingerprint density at radius 1 is 1.07 bits per heavy atom. The number of rotatable bonds is 3. The van der Waals surface area contributed by atoms with E-state index in [1.807, 2.05) is 12.1 Å². The third kappa shape index (κ3) is 4.94. The van der Waals surface area contributed by atoms with Gasteiger partial charge in [0.2, 0.25) is 0 Å². The van der Waals surface area contributed by atoms with Gasteiger partial charge in [0.1, 0.15) is 0 Å². The molecule has 0 saturated heterocycles. The van der Waals surface area contributed by atoms with Crippen molar-refractivity contribution in [3.63, 3.8) is 0 Å². The van der Waals surface area contributed by atoms with Gasteiger partial charge in [-0.2, -0.15) is 0 Å². The lowest BCUT2D eigenvalue weighted by Crippen LogP contribution is -2.02. The molecule has 0 atom stereocenters. The van der Waals surface area contributed by atoms with Crippen molar-refractivity contribution < 1.29 is 0 Å². The lowest BCUT2D eigenvalue weighted by atomic mass is 10.1. The molecule has 0 aliphatic rings. The van der Waals surface area contributed by atoms with Crippen molar-refractivity contribution in [1.82, 2.24) is 5.73 Å². The minimum absolute atomic E-state index is 0.523. The first kappa shape index (κ1) is 12.0. The van der Waals surface area contributed by atoms with Crippen LogP contribution in [0.1, 0.15) is 18.4 Å². The summed E-state index contributed by atoms with van der Waals surface area (Å²) in [6.45, 7) is 0. The van der Waals surface area contributed by atoms with Crippen molar-refractivity contribution in [2.24, 2.45) is 0 Å². The van der Waals surface area contributed by atoms with Gasteiger partial charge in [-0.25, -0.2) is 0 Å². The Bertz CT molecular complexity index is 276. The summed E-state index contributed by atoms with van der Waals surface area (Å²) in [7, 11) is 0. The van der Waals surface area contributed by atoms with E-state index >= 15 is 0 Å². The second-order valence-corrected chi connectivity index (χ2v) is 5.68. The van der Waals surface area contributed by atoms with Crippen molar-refractivity contribution in [2.45, 2.75) is 23.1 Å². The van der Waals surface area contributed by atoms with E-state index in [4.69, 9.17) is 40.5 Å². The van der Waals surface area contributed by atoms with Gasteiger partial charge in [-0.1, -0.05) is 46.9 Å². The number of benzene rings is 1. The standard InChI is InChI=1S/C10H11Cl3N/c11-10(12,13)7-1-2-8-3-5-9(14)6-4-8/h3-6,14H,1-2,7H2. The first-order valence-electron chi connectivity index (χ1n) is 4.35. The molecule has 0 aromatic heterocycles. The number of aryl methyl sites for hydroxylation is 1. The number of alkyl halides is 3. The van der Waals surface area contributed by atoms with Crippen LogP contribution in [-0.4, -0.2) is 3.79 Å². The van der Waals surface area contributed by atoms with Crippen molar-refractivity contribution in [1.29, 1.82) is 0 Å². The third-order valence-electron chi connectivity index (χ3n) is 1.88. The molecular formula is C10H11Cl3N. The summed E-state index contributed by atoms with van der Waals surface area (Å²) in [5, 5.41) is 0. The van der Waals surface area contributed by atoms with Crippen molar-refractivity contribution >= 4 is 40.5 Å². The molecule has 77 valence electrons. The minimum atomic E-state index is -1.14. The van der Waals surface area contributed by atoms with Gasteiger partial charge in [0, 0.05) is 0 Å². The highest BCUT2D eigenvalue weighted by Gasteiger charge is 2.18. The Morgan fingerprint density at radius 2 is 1.64 bits per heavy atom. The molecule has 0 aliphatic heterocycles. The largest absolute Gasteiger partial charge is 0.301 e. The molecule has 0 spiro atoms. The van der Waals surface area contributed by atoms with Crippen LogP contribution in [0.25, 0.3) is 0 Å². The fraction of sp³-hybridized carbons (Fsp3) is 0.400. The van der Waals surface area contributed by atoms with Crippen LogP contribution < -0.4 is 5.73 Å². The monoisotopic (exact) mass is 250 g/mol. The summed E-state index contributed by atoms with van der Waals surface area (Å²) in [6.07, 6.45) is 2.28. The Labute approximate surface area is 99.1 Å². The average molecular weight is 252 g/mol. The molecule has 0 saturated carbocycles. The van der Waals surface area contributed by atoms with Crippen LogP contribution in [0.15, 0.2) is 24.3 Å². The number of nitrogens with one attached hydrogen (secondary N) is 1. The van der Waals surface area contributed by atoms with Gasteiger partial charge in [-0.05, 0) is 37.0 Å².